The summed E-state index contributed by atoms with van der Waals surface area (Å²) in [4.78, 5) is 116. The normalized spacial score (nSPS) is 23.3. The number of fused-ring (bicyclic) bond motifs is 1. The molecule has 5 aliphatic heterocycles. The van der Waals surface area contributed by atoms with Crippen molar-refractivity contribution in [1.29, 1.82) is 0 Å². The average molecular weight is 1880 g/mol. The number of likely N-dealkylation sites (N-methyl/N-ethyl adjacent to an activating group) is 2. The number of ether oxygens (including phenoxy) is 2. The molecule has 8 heterocycles. The van der Waals surface area contributed by atoms with Crippen molar-refractivity contribution < 1.29 is 48.1 Å². The fraction of sp³-hybridized carbons (Fsp3) is 0.404. The van der Waals surface area contributed by atoms with Crippen molar-refractivity contribution in [3.05, 3.63) is 287 Å². The molecule has 3 aromatic heterocycles. The molecule has 29 heteroatoms. The predicted octanol–water partition coefficient (Wildman–Crippen LogP) is 14.9. The van der Waals surface area contributed by atoms with Crippen LogP contribution in [0.15, 0.2) is 269 Å². The SMILES string of the molecule is CN1C(=O)[C@@](CCC2CCCCC2)(C[C@H]2CCC[C@@H](NC(=O)c3cc[n+]([O-])cc3)C2)N=C1N.CN1C(=O)[C@@](CCc2ccccc2)(C[C@H]2CCC[C@@H](Nc3ccc4ccccc4n3)C2)N=C1N.NC1=NC(c2cccc(-c3cccc(Cl)c3)c2)(C2CC2)C(=O)N1CCOCCO.NC1=NC(c2ccccc2)(c2cccc(-c3cccnc3)c2)C(=O)N1CC1CCN(C(=O)COc2ccccc2)CC1. The molecular formula is C109H127ClN18O10. The van der Waals surface area contributed by atoms with Crippen molar-refractivity contribution in [2.45, 2.75) is 182 Å². The maximum Gasteiger partial charge on any atom is 0.266 e. The van der Waals surface area contributed by atoms with Crippen LogP contribution >= 0.6 is 11.6 Å². The van der Waals surface area contributed by atoms with E-state index in [2.05, 4.69) is 45.9 Å². The summed E-state index contributed by atoms with van der Waals surface area (Å²) in [6.45, 7) is 2.47. The zero-order valence-corrected chi connectivity index (χ0v) is 79.6. The lowest BCUT2D eigenvalue weighted by atomic mass is 9.74. The highest BCUT2D eigenvalue weighted by molar-refractivity contribution is 6.30. The van der Waals surface area contributed by atoms with Gasteiger partial charge in [-0.15, -0.1) is 0 Å². The minimum Gasteiger partial charge on any atom is -0.619 e. The number of aliphatic hydroxyl groups excluding tert-OH is 1. The maximum absolute atomic E-state index is 14.4. The molecule has 2 unspecified atom stereocenters. The lowest BCUT2D eigenvalue weighted by Gasteiger charge is -2.35. The van der Waals surface area contributed by atoms with Crippen LogP contribution in [0.4, 0.5) is 5.82 Å². The Balaban J connectivity index is 0.000000134. The number of nitrogens with two attached hydrogens (primary N) is 4. The second kappa shape index (κ2) is 44.8. The number of benzene rings is 7. The first kappa shape index (κ1) is 97.6. The number of rotatable bonds is 30. The van der Waals surface area contributed by atoms with E-state index in [9.17, 15) is 34.0 Å². The van der Waals surface area contributed by atoms with Gasteiger partial charge in [-0.25, -0.2) is 25.0 Å². The zero-order chi connectivity index (χ0) is 96.3. The number of guanidine groups is 4. The number of carbonyl (C=O) groups excluding carboxylic acids is 6. The Kier molecular flexibility index (Phi) is 31.7. The average Bonchev–Trinajstić information content (AvgIpc) is 1.56. The third kappa shape index (κ3) is 23.0. The van der Waals surface area contributed by atoms with Gasteiger partial charge in [-0.2, -0.15) is 4.73 Å². The molecule has 19 rings (SSSR count). The van der Waals surface area contributed by atoms with Crippen molar-refractivity contribution >= 4 is 87.6 Å². The Bertz CT molecular complexity index is 6030. The number of pyridine rings is 3. The second-order valence-electron chi connectivity index (χ2n) is 38.2. The van der Waals surface area contributed by atoms with Gasteiger partial charge in [0.15, 0.2) is 53.9 Å². The van der Waals surface area contributed by atoms with E-state index in [0.29, 0.717) is 102 Å². The molecule has 4 aliphatic carbocycles. The van der Waals surface area contributed by atoms with E-state index in [-0.39, 0.29) is 85.1 Å². The third-order valence-electron chi connectivity index (χ3n) is 28.8. The number of aliphatic imine (C=N–C) groups is 4. The summed E-state index contributed by atoms with van der Waals surface area (Å²) >= 11 is 6.16. The molecule has 8 atom stereocenters. The van der Waals surface area contributed by atoms with E-state index in [4.69, 9.17) is 74.1 Å². The monoisotopic (exact) mass is 1880 g/mol. The van der Waals surface area contributed by atoms with Crippen LogP contribution in [0.25, 0.3) is 33.2 Å². The number of nitrogens with one attached hydrogen (secondary N) is 2. The summed E-state index contributed by atoms with van der Waals surface area (Å²) in [6.07, 6.45) is 28.9. The molecule has 5 fully saturated rings. The predicted molar refractivity (Wildman–Crippen MR) is 538 cm³/mol. The van der Waals surface area contributed by atoms with E-state index in [1.165, 1.54) is 76.9 Å². The van der Waals surface area contributed by atoms with Crippen molar-refractivity contribution in [2.24, 2.45) is 72.5 Å². The molecule has 0 bridgehead atoms. The van der Waals surface area contributed by atoms with Gasteiger partial charge in [0, 0.05) is 80.7 Å². The highest BCUT2D eigenvalue weighted by atomic mass is 35.5. The van der Waals surface area contributed by atoms with Crippen LogP contribution in [-0.2, 0) is 46.2 Å². The van der Waals surface area contributed by atoms with Crippen molar-refractivity contribution in [3.8, 4) is 28.0 Å². The van der Waals surface area contributed by atoms with Gasteiger partial charge < -0.3 is 58.3 Å². The first-order valence-electron chi connectivity index (χ1n) is 48.8. The number of para-hydroxylation sites is 2. The molecule has 11 N–H and O–H groups in total. The molecule has 138 heavy (non-hydrogen) atoms. The van der Waals surface area contributed by atoms with Crippen molar-refractivity contribution in [3.63, 3.8) is 0 Å². The van der Waals surface area contributed by atoms with E-state index in [0.717, 1.165) is 158 Å². The molecule has 720 valence electrons. The molecule has 0 spiro atoms. The van der Waals surface area contributed by atoms with Crippen LogP contribution in [0.3, 0.4) is 0 Å². The Hall–Kier alpha value is -13.4. The van der Waals surface area contributed by atoms with Crippen LogP contribution < -0.4 is 43.0 Å². The number of carbonyl (C=O) groups is 6. The Morgan fingerprint density at radius 1 is 0.536 bits per heavy atom. The molecule has 28 nitrogen and oxygen atoms in total. The summed E-state index contributed by atoms with van der Waals surface area (Å²) in [5, 5.41) is 28.7. The second-order valence-corrected chi connectivity index (χ2v) is 38.6. The number of aliphatic hydroxyl groups is 1. The van der Waals surface area contributed by atoms with Crippen LogP contribution in [0, 0.1) is 34.8 Å². The molecular weight excluding hydrogens is 1760 g/mol. The van der Waals surface area contributed by atoms with Gasteiger partial charge >= 0.3 is 0 Å². The Morgan fingerprint density at radius 2 is 1.12 bits per heavy atom. The minimum atomic E-state index is -1.28. The zero-order valence-electron chi connectivity index (χ0n) is 78.8. The van der Waals surface area contributed by atoms with Crippen LogP contribution in [-0.4, -0.2) is 189 Å². The number of piperidine rings is 1. The number of nitrogens with zero attached hydrogens (tertiary/aromatic N) is 12. The fourth-order valence-corrected chi connectivity index (χ4v) is 21.5. The quantitative estimate of drug-likeness (QED) is 0.0125. The molecule has 0 radical (unpaired) electrons. The molecule has 10 aromatic rings. The number of aryl methyl sites for hydroxylation is 1. The number of hydrogen-bond donors (Lipinski definition) is 7. The Labute approximate surface area is 812 Å². The van der Waals surface area contributed by atoms with Gasteiger partial charge in [0.2, 0.25) is 0 Å². The van der Waals surface area contributed by atoms with Crippen LogP contribution in [0.5, 0.6) is 5.75 Å². The molecule has 4 saturated carbocycles. The number of amides is 6. The minimum absolute atomic E-state index is 0.0105. The number of halogens is 1. The largest absolute Gasteiger partial charge is 0.619 e. The van der Waals surface area contributed by atoms with Crippen molar-refractivity contribution in [1.82, 2.24) is 39.8 Å². The lowest BCUT2D eigenvalue weighted by molar-refractivity contribution is -0.605. The number of hydrogen-bond acceptors (Lipinski definition) is 21. The van der Waals surface area contributed by atoms with Gasteiger partial charge in [0.05, 0.1) is 37.4 Å². The lowest BCUT2D eigenvalue weighted by Crippen LogP contribution is -2.48. The molecule has 6 amide bonds. The third-order valence-corrected chi connectivity index (χ3v) is 29.1. The standard InChI is InChI=1S/C34H33N5O3.C28H33N5O.C25H37N5O3.C22H24ClN3O3/c35-33-37-34(28-11-3-1-4-12-28,29-13-7-9-26(21-29)27-10-8-18-36-22-27)32(41)39(33)23-25-16-19-38(20-17-25)31(40)24-42-30-14-5-2-6-15-30;1-33-26(34)28(32-27(33)29,17-16-20-8-3-2-4-9-20)19-21-10-7-12-23(18-21)30-25-15-14-22-11-5-6-13-24(22)31-25;1-29-23(32)25(28-24(29)26,13-10-18-6-3-2-4-7-18)17-19-8-5-9-21(16-19)27-22(31)20-11-14-30(33)15-12-20;23-19-6-2-4-16(14-19)15-3-1-5-18(13-15)22(17-7-8-17)20(28)26(21(24)25-22)9-11-29-12-10-27/h1-15,18,21-22,25H,16-17,19-20,23-24H2,(H2,35,37);2-6,8-9,11,13-15,21,23H,7,10,12,16-19H2,1H3,(H2,29,32)(H,30,31);11-12,14-15,18-19,21H,2-10,13,16-17H2,1H3,(H2,26,28)(H,27,31);1-6,13-14,17,27H,7-12H2,(H2,24,25)/t;21-,23+,28+;19-,21+,25+;/m.00./s1. The van der Waals surface area contributed by atoms with Gasteiger partial charge in [-0.3, -0.25) is 53.4 Å². The van der Waals surface area contributed by atoms with Crippen LogP contribution in [0.1, 0.15) is 174 Å². The van der Waals surface area contributed by atoms with E-state index < -0.39 is 22.2 Å². The first-order valence-corrected chi connectivity index (χ1v) is 49.2. The summed E-state index contributed by atoms with van der Waals surface area (Å²) < 4.78 is 11.6. The summed E-state index contributed by atoms with van der Waals surface area (Å²) in [6, 6.07) is 72.4. The van der Waals surface area contributed by atoms with Gasteiger partial charge in [-0.1, -0.05) is 221 Å². The summed E-state index contributed by atoms with van der Waals surface area (Å²) in [5.74, 6) is 4.03. The van der Waals surface area contributed by atoms with E-state index in [1.54, 1.807) is 31.4 Å². The highest BCUT2D eigenvalue weighted by Crippen LogP contribution is 2.53. The molecule has 1 saturated heterocycles. The summed E-state index contributed by atoms with van der Waals surface area (Å²) in [5.41, 5.74) is 30.1. The highest BCUT2D eigenvalue weighted by Gasteiger charge is 2.59. The smallest absolute Gasteiger partial charge is 0.266 e. The van der Waals surface area contributed by atoms with Crippen LogP contribution in [0.2, 0.25) is 5.02 Å². The number of aromatic nitrogens is 3. The fourth-order valence-electron chi connectivity index (χ4n) is 21.3. The Morgan fingerprint density at radius 3 is 1.78 bits per heavy atom. The topological polar surface area (TPSA) is 388 Å². The summed E-state index contributed by atoms with van der Waals surface area (Å²) in [7, 11) is 3.46. The van der Waals surface area contributed by atoms with E-state index in [1.807, 2.05) is 187 Å². The first-order chi connectivity index (χ1) is 67.0. The maximum atomic E-state index is 14.4. The van der Waals surface area contributed by atoms with Gasteiger partial charge in [0.1, 0.15) is 22.6 Å². The molecule has 9 aliphatic rings. The van der Waals surface area contributed by atoms with Gasteiger partial charge in [0.25, 0.3) is 35.4 Å². The number of likely N-dealkylation sites (tertiary alicyclic amines) is 1. The van der Waals surface area contributed by atoms with E-state index >= 15 is 0 Å². The van der Waals surface area contributed by atoms with Gasteiger partial charge in [-0.05, 0) is 225 Å². The molecule has 7 aromatic carbocycles. The number of anilines is 1. The van der Waals surface area contributed by atoms with Crippen molar-refractivity contribution in [2.75, 3.05) is 72.0 Å².